The van der Waals surface area contributed by atoms with E-state index in [1.54, 1.807) is 32.4 Å². The number of nitrogens with zero attached hydrogens (tertiary/aromatic N) is 6. The molecular formula is C41H47N7O4S. The lowest BCUT2D eigenvalue weighted by molar-refractivity contribution is -0.133. The van der Waals surface area contributed by atoms with Crippen LogP contribution in [0.2, 0.25) is 0 Å². The van der Waals surface area contributed by atoms with Crippen molar-refractivity contribution in [1.82, 2.24) is 34.6 Å². The molecule has 5 aromatic rings. The lowest BCUT2D eigenvalue weighted by Gasteiger charge is -2.34. The van der Waals surface area contributed by atoms with Crippen molar-refractivity contribution in [3.8, 4) is 22.3 Å². The van der Waals surface area contributed by atoms with Gasteiger partial charge < -0.3 is 19.7 Å². The molecule has 53 heavy (non-hydrogen) atoms. The number of H-pyrrole nitrogens is 1. The Morgan fingerprint density at radius 3 is 2.38 bits per heavy atom. The van der Waals surface area contributed by atoms with Gasteiger partial charge in [0, 0.05) is 89.2 Å². The average molecular weight is 734 g/mol. The Morgan fingerprint density at radius 2 is 1.64 bits per heavy atom. The van der Waals surface area contributed by atoms with E-state index in [-0.39, 0.29) is 21.7 Å². The second-order valence-corrected chi connectivity index (χ2v) is 16.6. The highest BCUT2D eigenvalue weighted by molar-refractivity contribution is 7.91. The van der Waals surface area contributed by atoms with E-state index in [0.29, 0.717) is 47.4 Å². The number of fused-ring (bicyclic) bond motifs is 2. The number of likely N-dealkylation sites (N-methyl/N-ethyl adjacent to an activating group) is 1. The first-order chi connectivity index (χ1) is 25.3. The molecule has 3 aromatic carbocycles. The molecular weight excluding hydrogens is 687 g/mol. The van der Waals surface area contributed by atoms with E-state index in [9.17, 15) is 18.0 Å². The van der Waals surface area contributed by atoms with Crippen LogP contribution < -0.4 is 0 Å². The molecule has 0 unspecified atom stereocenters. The molecule has 1 fully saturated rings. The number of carbonyl (C=O) groups is 2. The zero-order valence-corrected chi connectivity index (χ0v) is 32.2. The number of aromatic nitrogens is 3. The number of sulfone groups is 1. The zero-order chi connectivity index (χ0) is 37.6. The highest BCUT2D eigenvalue weighted by Crippen LogP contribution is 2.36. The molecule has 4 heterocycles. The Balaban J connectivity index is 1.18. The standard InChI is InChI=1S/C41H47N7O4S/c1-26-7-9-34(30-21-27(2)32-11-13-47(25-31(32)22-30)14-12-38(49)48-17-15-46(6)16-18-48)36(19-26)53(51,52)37-24-43-40-39(44-37)35(23-42-40)29-8-10-33(28(3)20-29)41(50)45(4)5/h7-10,19-24H,11-18,25H2,1-6H3,(H,42,43). The van der Waals surface area contributed by atoms with E-state index >= 15 is 0 Å². The number of benzene rings is 3. The summed E-state index contributed by atoms with van der Waals surface area (Å²) in [5, 5.41) is -0.139. The summed E-state index contributed by atoms with van der Waals surface area (Å²) in [5.74, 6) is 0.121. The number of hydrogen-bond donors (Lipinski definition) is 1. The maximum Gasteiger partial charge on any atom is 0.253 e. The van der Waals surface area contributed by atoms with Gasteiger partial charge in [0.2, 0.25) is 15.7 Å². The van der Waals surface area contributed by atoms with Gasteiger partial charge in [0.15, 0.2) is 10.7 Å². The number of hydrogen-bond acceptors (Lipinski definition) is 8. The largest absolute Gasteiger partial charge is 0.345 e. The third kappa shape index (κ3) is 7.23. The quantitative estimate of drug-likeness (QED) is 0.229. The minimum atomic E-state index is -4.11. The van der Waals surface area contributed by atoms with Crippen molar-refractivity contribution in [1.29, 1.82) is 0 Å². The Hall–Kier alpha value is -4.91. The number of aryl methyl sites for hydroxylation is 3. The van der Waals surface area contributed by atoms with Crippen molar-refractivity contribution in [2.75, 3.05) is 60.4 Å². The van der Waals surface area contributed by atoms with Crippen LogP contribution in [-0.4, -0.2) is 115 Å². The maximum absolute atomic E-state index is 14.6. The Bertz CT molecular complexity index is 2340. The number of nitrogens with one attached hydrogen (secondary N) is 1. The van der Waals surface area contributed by atoms with E-state index in [4.69, 9.17) is 4.98 Å². The molecule has 0 atom stereocenters. The summed E-state index contributed by atoms with van der Waals surface area (Å²) in [6.45, 7) is 11.5. The smallest absolute Gasteiger partial charge is 0.253 e. The number of aromatic amines is 1. The topological polar surface area (TPSA) is 123 Å². The minimum Gasteiger partial charge on any atom is -0.345 e. The molecule has 2 amide bonds. The maximum atomic E-state index is 14.6. The molecule has 11 nitrogen and oxygen atoms in total. The van der Waals surface area contributed by atoms with Gasteiger partial charge in [0.25, 0.3) is 5.91 Å². The highest BCUT2D eigenvalue weighted by Gasteiger charge is 2.28. The first-order valence-corrected chi connectivity index (χ1v) is 19.6. The molecule has 7 rings (SSSR count). The summed E-state index contributed by atoms with van der Waals surface area (Å²) in [4.78, 5) is 46.2. The Morgan fingerprint density at radius 1 is 0.887 bits per heavy atom. The third-order valence-electron chi connectivity index (χ3n) is 10.7. The van der Waals surface area contributed by atoms with Gasteiger partial charge in [-0.25, -0.2) is 18.4 Å². The molecule has 276 valence electrons. The second-order valence-electron chi connectivity index (χ2n) is 14.7. The van der Waals surface area contributed by atoms with Crippen LogP contribution in [-0.2, 0) is 27.6 Å². The van der Waals surface area contributed by atoms with Crippen LogP contribution >= 0.6 is 0 Å². The summed E-state index contributed by atoms with van der Waals surface area (Å²) in [7, 11) is 1.41. The predicted octanol–water partition coefficient (Wildman–Crippen LogP) is 5.27. The van der Waals surface area contributed by atoms with Crippen molar-refractivity contribution in [3.63, 3.8) is 0 Å². The van der Waals surface area contributed by atoms with E-state index in [1.807, 2.05) is 43.0 Å². The van der Waals surface area contributed by atoms with E-state index < -0.39 is 9.84 Å². The Kier molecular flexibility index (Phi) is 9.96. The van der Waals surface area contributed by atoms with E-state index in [1.165, 1.54) is 16.7 Å². The molecule has 0 bridgehead atoms. The van der Waals surface area contributed by atoms with E-state index in [0.717, 1.165) is 72.5 Å². The first kappa shape index (κ1) is 36.4. The van der Waals surface area contributed by atoms with Crippen molar-refractivity contribution in [2.24, 2.45) is 0 Å². The molecule has 2 aliphatic heterocycles. The first-order valence-electron chi connectivity index (χ1n) is 18.1. The van der Waals surface area contributed by atoms with Gasteiger partial charge in [-0.3, -0.25) is 14.5 Å². The molecule has 1 N–H and O–H groups in total. The van der Waals surface area contributed by atoms with Crippen LogP contribution in [0.4, 0.5) is 0 Å². The summed E-state index contributed by atoms with van der Waals surface area (Å²) in [6, 6.07) is 15.3. The van der Waals surface area contributed by atoms with Crippen molar-refractivity contribution in [2.45, 2.75) is 50.1 Å². The monoisotopic (exact) mass is 733 g/mol. The van der Waals surface area contributed by atoms with Crippen molar-refractivity contribution >= 4 is 32.8 Å². The minimum absolute atomic E-state index is 0.0882. The van der Waals surface area contributed by atoms with Crippen LogP contribution in [0.5, 0.6) is 0 Å². The molecule has 0 spiro atoms. The van der Waals surface area contributed by atoms with Gasteiger partial charge in [0.05, 0.1) is 11.1 Å². The normalized spacial score (nSPS) is 15.5. The van der Waals surface area contributed by atoms with E-state index in [2.05, 4.69) is 45.9 Å². The fraction of sp³-hybridized carbons (Fsp3) is 0.366. The third-order valence-corrected chi connectivity index (χ3v) is 12.3. The molecule has 2 aromatic heterocycles. The summed E-state index contributed by atoms with van der Waals surface area (Å²) in [6.07, 6.45) is 4.45. The van der Waals surface area contributed by atoms with Crippen LogP contribution in [0, 0.1) is 20.8 Å². The fourth-order valence-corrected chi connectivity index (χ4v) is 8.98. The lowest BCUT2D eigenvalue weighted by Crippen LogP contribution is -2.47. The zero-order valence-electron chi connectivity index (χ0n) is 31.4. The summed E-state index contributed by atoms with van der Waals surface area (Å²) >= 11 is 0. The van der Waals surface area contributed by atoms with Gasteiger partial charge in [0.1, 0.15) is 5.52 Å². The molecule has 2 aliphatic rings. The average Bonchev–Trinajstić information content (AvgIpc) is 3.57. The van der Waals surface area contributed by atoms with Gasteiger partial charge in [-0.05, 0) is 91.4 Å². The van der Waals surface area contributed by atoms with Gasteiger partial charge in [-0.1, -0.05) is 30.3 Å². The molecule has 0 aliphatic carbocycles. The van der Waals surface area contributed by atoms with Gasteiger partial charge in [-0.2, -0.15) is 0 Å². The molecule has 1 saturated heterocycles. The van der Waals surface area contributed by atoms with Crippen LogP contribution in [0.15, 0.2) is 70.8 Å². The van der Waals surface area contributed by atoms with Gasteiger partial charge in [-0.15, -0.1) is 0 Å². The molecule has 0 saturated carbocycles. The number of piperazine rings is 1. The SMILES string of the molecule is Cc1ccc(-c2cc(C)c3c(c2)CN(CCC(=O)N2CCN(C)CC2)CC3)c(S(=O)(=O)c2cnc3[nH]cc(-c4ccc(C(=O)N(C)C)c(C)c4)c3n2)c1. The van der Waals surface area contributed by atoms with Crippen LogP contribution in [0.3, 0.4) is 0 Å². The van der Waals surface area contributed by atoms with Gasteiger partial charge >= 0.3 is 0 Å². The number of rotatable bonds is 8. The predicted molar refractivity (Wildman–Crippen MR) is 207 cm³/mol. The number of carbonyl (C=O) groups excluding carboxylic acids is 2. The molecule has 12 heteroatoms. The fourth-order valence-electron chi connectivity index (χ4n) is 7.53. The Labute approximate surface area is 311 Å². The summed E-state index contributed by atoms with van der Waals surface area (Å²) in [5.41, 5.74) is 9.63. The number of amides is 2. The van der Waals surface area contributed by atoms with Crippen molar-refractivity contribution in [3.05, 3.63) is 94.3 Å². The van der Waals surface area contributed by atoms with Crippen LogP contribution in [0.1, 0.15) is 44.6 Å². The highest BCUT2D eigenvalue weighted by atomic mass is 32.2. The second kappa shape index (κ2) is 14.5. The lowest BCUT2D eigenvalue weighted by atomic mass is 9.90. The summed E-state index contributed by atoms with van der Waals surface area (Å²) < 4.78 is 29.1. The van der Waals surface area contributed by atoms with Crippen molar-refractivity contribution < 1.29 is 18.0 Å². The van der Waals surface area contributed by atoms with Crippen LogP contribution in [0.25, 0.3) is 33.4 Å². The molecule has 0 radical (unpaired) electrons.